The Morgan fingerprint density at radius 3 is 2.38 bits per heavy atom. The Bertz CT molecular complexity index is 1540. The van der Waals surface area contributed by atoms with Crippen LogP contribution in [0.15, 0.2) is 47.4 Å². The summed E-state index contributed by atoms with van der Waals surface area (Å²) in [5, 5.41) is 9.84. The molecule has 39 heavy (non-hydrogen) atoms. The Balaban J connectivity index is 1.97. The monoisotopic (exact) mass is 556 g/mol. The van der Waals surface area contributed by atoms with Crippen molar-refractivity contribution in [2.45, 2.75) is 52.2 Å². The molecular formula is C29H27ClF2N2O5. The molecule has 0 amide bonds. The van der Waals surface area contributed by atoms with Crippen LogP contribution in [0.5, 0.6) is 5.75 Å². The molecule has 3 aromatic rings. The highest BCUT2D eigenvalue weighted by molar-refractivity contribution is 6.31. The van der Waals surface area contributed by atoms with Gasteiger partial charge in [0.15, 0.2) is 5.78 Å². The molecule has 0 radical (unpaired) electrons. The lowest BCUT2D eigenvalue weighted by Crippen LogP contribution is -2.30. The molecule has 10 heteroatoms. The number of carbonyl (C=O) groups is 2. The van der Waals surface area contributed by atoms with Gasteiger partial charge in [0.1, 0.15) is 23.0 Å². The molecule has 0 fully saturated rings. The molecule has 0 aliphatic heterocycles. The van der Waals surface area contributed by atoms with E-state index in [0.29, 0.717) is 22.2 Å². The van der Waals surface area contributed by atoms with Crippen molar-refractivity contribution in [3.63, 3.8) is 0 Å². The van der Waals surface area contributed by atoms with E-state index < -0.39 is 52.6 Å². The number of nitrogens with zero attached hydrogens (tertiary/aromatic N) is 2. The Hall–Kier alpha value is -4.03. The zero-order valence-corrected chi connectivity index (χ0v) is 22.9. The minimum atomic E-state index is -1.03. The average Bonchev–Trinajstić information content (AvgIpc) is 2.86. The van der Waals surface area contributed by atoms with Crippen LogP contribution in [0.4, 0.5) is 8.78 Å². The number of esters is 1. The molecule has 2 aromatic carbocycles. The smallest absolute Gasteiger partial charge is 0.341 e. The van der Waals surface area contributed by atoms with Gasteiger partial charge >= 0.3 is 5.97 Å². The van der Waals surface area contributed by atoms with Gasteiger partial charge in [-0.1, -0.05) is 18.5 Å². The van der Waals surface area contributed by atoms with Gasteiger partial charge in [0.25, 0.3) is 5.56 Å². The zero-order valence-electron chi connectivity index (χ0n) is 22.1. The number of carbonyl (C=O) groups excluding carboxylic acids is 2. The number of benzene rings is 2. The summed E-state index contributed by atoms with van der Waals surface area (Å²) < 4.78 is 41.2. The van der Waals surface area contributed by atoms with Crippen molar-refractivity contribution in [3.8, 4) is 22.9 Å². The summed E-state index contributed by atoms with van der Waals surface area (Å²) in [7, 11) is 1.37. The predicted octanol–water partition coefficient (Wildman–Crippen LogP) is 6.05. The molecular weight excluding hydrogens is 530 g/mol. The third kappa shape index (κ3) is 6.70. The van der Waals surface area contributed by atoms with Gasteiger partial charge in [-0.05, 0) is 63.1 Å². The molecule has 0 spiro atoms. The van der Waals surface area contributed by atoms with E-state index in [0.717, 1.165) is 10.6 Å². The maximum Gasteiger partial charge on any atom is 0.341 e. The molecule has 0 aliphatic carbocycles. The predicted molar refractivity (Wildman–Crippen MR) is 142 cm³/mol. The molecule has 3 rings (SSSR count). The number of halogens is 3. The van der Waals surface area contributed by atoms with Crippen molar-refractivity contribution in [3.05, 3.63) is 86.3 Å². The quantitative estimate of drug-likeness (QED) is 0.313. The Morgan fingerprint density at radius 1 is 1.10 bits per heavy atom. The lowest BCUT2D eigenvalue weighted by molar-refractivity contribution is -0.121. The van der Waals surface area contributed by atoms with Crippen molar-refractivity contribution in [2.24, 2.45) is 0 Å². The van der Waals surface area contributed by atoms with E-state index in [1.807, 2.05) is 6.07 Å². The number of Topliss-reactive ketones (excluding diaryl/α,β-unsaturated/α-hetero) is 1. The molecule has 7 nitrogen and oxygen atoms in total. The first kappa shape index (κ1) is 29.5. The molecule has 1 unspecified atom stereocenters. The Kier molecular flexibility index (Phi) is 8.92. The SMILES string of the molecule is CCC(C(=O)Cc1cc(F)c(C(=O)OC(C)(C)C)cc1F)n1cc(OC)c(-c2cc(Cl)ccc2C#N)cc1=O. The minimum absolute atomic E-state index is 0.169. The topological polar surface area (TPSA) is 98.4 Å². The number of pyridine rings is 1. The van der Waals surface area contributed by atoms with E-state index >= 15 is 0 Å². The summed E-state index contributed by atoms with van der Waals surface area (Å²) in [5.74, 6) is -3.36. The highest BCUT2D eigenvalue weighted by Gasteiger charge is 2.26. The third-order valence-corrected chi connectivity index (χ3v) is 6.11. The van der Waals surface area contributed by atoms with Crippen molar-refractivity contribution in [1.29, 1.82) is 5.26 Å². The number of rotatable bonds is 8. The van der Waals surface area contributed by atoms with Crippen molar-refractivity contribution in [1.82, 2.24) is 4.57 Å². The lowest BCUT2D eigenvalue weighted by Gasteiger charge is -2.21. The zero-order chi connectivity index (χ0) is 29.1. The van der Waals surface area contributed by atoms with E-state index in [1.165, 1.54) is 31.5 Å². The van der Waals surface area contributed by atoms with E-state index in [4.69, 9.17) is 21.1 Å². The normalized spacial score (nSPS) is 12.0. The highest BCUT2D eigenvalue weighted by Crippen LogP contribution is 2.33. The minimum Gasteiger partial charge on any atom is -0.495 e. The Labute approximate surface area is 229 Å². The maximum atomic E-state index is 14.8. The average molecular weight is 557 g/mol. The lowest BCUT2D eigenvalue weighted by atomic mass is 9.98. The molecule has 0 bridgehead atoms. The van der Waals surface area contributed by atoms with Crippen LogP contribution in [-0.4, -0.2) is 29.0 Å². The van der Waals surface area contributed by atoms with Gasteiger partial charge < -0.3 is 14.0 Å². The second kappa shape index (κ2) is 11.8. The second-order valence-corrected chi connectivity index (χ2v) is 10.2. The summed E-state index contributed by atoms with van der Waals surface area (Å²) in [6.07, 6.45) is 0.982. The number of ketones is 1. The number of hydrogen-bond acceptors (Lipinski definition) is 6. The second-order valence-electron chi connectivity index (χ2n) is 9.80. The summed E-state index contributed by atoms with van der Waals surface area (Å²) in [6, 6.07) is 8.34. The summed E-state index contributed by atoms with van der Waals surface area (Å²) in [6.45, 7) is 6.46. The van der Waals surface area contributed by atoms with Gasteiger partial charge in [-0.15, -0.1) is 0 Å². The maximum absolute atomic E-state index is 14.8. The van der Waals surface area contributed by atoms with Crippen molar-refractivity contribution in [2.75, 3.05) is 7.11 Å². The number of aromatic nitrogens is 1. The molecule has 1 atom stereocenters. The first-order chi connectivity index (χ1) is 18.3. The van der Waals surface area contributed by atoms with Crippen molar-refractivity contribution < 1.29 is 27.8 Å². The van der Waals surface area contributed by atoms with E-state index in [-0.39, 0.29) is 23.3 Å². The molecule has 0 saturated carbocycles. The van der Waals surface area contributed by atoms with Crippen LogP contribution in [-0.2, 0) is 16.0 Å². The Morgan fingerprint density at radius 2 is 1.79 bits per heavy atom. The molecule has 1 aromatic heterocycles. The van der Waals surface area contributed by atoms with Gasteiger partial charge in [-0.3, -0.25) is 9.59 Å². The van der Waals surface area contributed by atoms with Gasteiger partial charge in [-0.2, -0.15) is 5.26 Å². The van der Waals surface area contributed by atoms with E-state index in [9.17, 15) is 28.4 Å². The molecule has 0 aliphatic rings. The van der Waals surface area contributed by atoms with Crippen LogP contribution >= 0.6 is 11.6 Å². The summed E-state index contributed by atoms with van der Waals surface area (Å²) >= 11 is 6.10. The van der Waals surface area contributed by atoms with Gasteiger partial charge in [0, 0.05) is 28.6 Å². The fraction of sp³-hybridized carbons (Fsp3) is 0.310. The molecule has 0 N–H and O–H groups in total. The standard InChI is InChI=1S/C29H27ClF2N2O5/c1-6-24(25(35)10-17-9-23(32)21(12-22(17)31)28(37)39-29(2,3)4)34-15-26(38-5)20(13-27(34)36)19-11-18(30)8-7-16(19)14-33/h7-9,11-13,15,24H,6,10H2,1-5H3. The first-order valence-electron chi connectivity index (χ1n) is 12.0. The summed E-state index contributed by atoms with van der Waals surface area (Å²) in [4.78, 5) is 38.6. The van der Waals surface area contributed by atoms with Crippen LogP contribution in [0.2, 0.25) is 5.02 Å². The van der Waals surface area contributed by atoms with Gasteiger partial charge in [0.05, 0.1) is 36.5 Å². The number of nitriles is 1. The van der Waals surface area contributed by atoms with E-state index in [1.54, 1.807) is 33.8 Å². The van der Waals surface area contributed by atoms with Crippen LogP contribution in [0.25, 0.3) is 11.1 Å². The number of hydrogen-bond donors (Lipinski definition) is 0. The third-order valence-electron chi connectivity index (χ3n) is 5.87. The number of ether oxygens (including phenoxy) is 2. The largest absolute Gasteiger partial charge is 0.495 e. The molecule has 0 saturated heterocycles. The van der Waals surface area contributed by atoms with Crippen LogP contribution < -0.4 is 10.3 Å². The highest BCUT2D eigenvalue weighted by atomic mass is 35.5. The number of methoxy groups -OCH3 is 1. The fourth-order valence-corrected chi connectivity index (χ4v) is 4.25. The van der Waals surface area contributed by atoms with Crippen LogP contribution in [0, 0.1) is 23.0 Å². The van der Waals surface area contributed by atoms with Crippen LogP contribution in [0.1, 0.15) is 61.6 Å². The first-order valence-corrected chi connectivity index (χ1v) is 12.4. The van der Waals surface area contributed by atoms with Crippen molar-refractivity contribution >= 4 is 23.4 Å². The van der Waals surface area contributed by atoms with Crippen LogP contribution in [0.3, 0.4) is 0 Å². The van der Waals surface area contributed by atoms with Gasteiger partial charge in [-0.25, -0.2) is 13.6 Å². The fourth-order valence-electron chi connectivity index (χ4n) is 4.08. The molecule has 1 heterocycles. The molecule has 204 valence electrons. The van der Waals surface area contributed by atoms with Gasteiger partial charge in [0.2, 0.25) is 0 Å². The summed E-state index contributed by atoms with van der Waals surface area (Å²) in [5.41, 5.74) is -1.36. The van der Waals surface area contributed by atoms with E-state index in [2.05, 4.69) is 0 Å².